The molecular formula is C12H14Cl2O. The normalized spacial score (nSPS) is 11.9. The van der Waals surface area contributed by atoms with E-state index in [4.69, 9.17) is 23.2 Å². The Morgan fingerprint density at radius 2 is 1.87 bits per heavy atom. The number of alkyl halides is 2. The van der Waals surface area contributed by atoms with Gasteiger partial charge in [0.1, 0.15) is 0 Å². The molecule has 0 fully saturated rings. The Morgan fingerprint density at radius 3 is 2.33 bits per heavy atom. The summed E-state index contributed by atoms with van der Waals surface area (Å²) in [6.07, 6.45) is 0. The van der Waals surface area contributed by atoms with Gasteiger partial charge in [0.25, 0.3) is 0 Å². The van der Waals surface area contributed by atoms with E-state index in [2.05, 4.69) is 20.8 Å². The number of carbonyl (C=O) groups excluding carboxylic acids is 1. The highest BCUT2D eigenvalue weighted by atomic mass is 35.5. The van der Waals surface area contributed by atoms with E-state index in [-0.39, 0.29) is 11.2 Å². The molecule has 0 aliphatic heterocycles. The van der Waals surface area contributed by atoms with Crippen LogP contribution in [0.2, 0.25) is 0 Å². The fourth-order valence-electron chi connectivity index (χ4n) is 1.26. The Hall–Kier alpha value is -0.530. The van der Waals surface area contributed by atoms with E-state index < -0.39 is 4.84 Å². The molecule has 1 rings (SSSR count). The van der Waals surface area contributed by atoms with Crippen LogP contribution in [0.15, 0.2) is 24.3 Å². The zero-order valence-corrected chi connectivity index (χ0v) is 10.6. The third-order valence-corrected chi connectivity index (χ3v) is 2.61. The van der Waals surface area contributed by atoms with Gasteiger partial charge < -0.3 is 0 Å². The van der Waals surface area contributed by atoms with Gasteiger partial charge in [-0.1, -0.05) is 62.2 Å². The molecule has 1 nitrogen and oxygen atoms in total. The van der Waals surface area contributed by atoms with Crippen LogP contribution in [0.5, 0.6) is 0 Å². The molecule has 0 aromatic heterocycles. The van der Waals surface area contributed by atoms with Crippen molar-refractivity contribution in [1.29, 1.82) is 0 Å². The van der Waals surface area contributed by atoms with Crippen molar-refractivity contribution >= 4 is 29.0 Å². The van der Waals surface area contributed by atoms with Crippen LogP contribution < -0.4 is 0 Å². The predicted molar refractivity (Wildman–Crippen MR) is 65.0 cm³/mol. The zero-order valence-electron chi connectivity index (χ0n) is 9.05. The summed E-state index contributed by atoms with van der Waals surface area (Å²) in [5, 5.41) is 0. The number of ketones is 1. The van der Waals surface area contributed by atoms with Crippen molar-refractivity contribution in [2.75, 3.05) is 0 Å². The van der Waals surface area contributed by atoms with Crippen molar-refractivity contribution in [3.05, 3.63) is 35.4 Å². The van der Waals surface area contributed by atoms with E-state index in [9.17, 15) is 4.79 Å². The third-order valence-electron chi connectivity index (χ3n) is 2.21. The van der Waals surface area contributed by atoms with Gasteiger partial charge in [-0.15, -0.1) is 0 Å². The summed E-state index contributed by atoms with van der Waals surface area (Å²) >= 11 is 11.1. The number of benzene rings is 1. The molecule has 0 saturated heterocycles. The fourth-order valence-corrected chi connectivity index (χ4v) is 1.52. The van der Waals surface area contributed by atoms with Crippen LogP contribution in [-0.2, 0) is 5.41 Å². The number of hydrogen-bond acceptors (Lipinski definition) is 1. The number of halogens is 2. The molecule has 0 saturated carbocycles. The molecule has 0 N–H and O–H groups in total. The largest absolute Gasteiger partial charge is 0.291 e. The molecule has 0 atom stereocenters. The molecule has 82 valence electrons. The molecule has 0 aliphatic carbocycles. The summed E-state index contributed by atoms with van der Waals surface area (Å²) in [6, 6.07) is 7.42. The summed E-state index contributed by atoms with van der Waals surface area (Å²) in [6.45, 7) is 6.28. The maximum atomic E-state index is 11.6. The minimum Gasteiger partial charge on any atom is -0.291 e. The third kappa shape index (κ3) is 3.22. The second-order valence-electron chi connectivity index (χ2n) is 4.50. The maximum absolute atomic E-state index is 11.6. The first kappa shape index (κ1) is 12.5. The van der Waals surface area contributed by atoms with Crippen LogP contribution in [0.25, 0.3) is 0 Å². The minimum atomic E-state index is -0.986. The van der Waals surface area contributed by atoms with Crippen LogP contribution in [0.1, 0.15) is 36.7 Å². The molecular weight excluding hydrogens is 231 g/mol. The van der Waals surface area contributed by atoms with Gasteiger partial charge in [0, 0.05) is 5.56 Å². The van der Waals surface area contributed by atoms with E-state index in [1.54, 1.807) is 6.07 Å². The van der Waals surface area contributed by atoms with Crippen LogP contribution >= 0.6 is 23.2 Å². The standard InChI is InChI=1S/C12H14Cl2O/c1-12(2,3)9-6-4-5-8(7-9)10(15)11(13)14/h4-7,11H,1-3H3. The highest BCUT2D eigenvalue weighted by Crippen LogP contribution is 2.24. The van der Waals surface area contributed by atoms with E-state index in [0.29, 0.717) is 5.56 Å². The van der Waals surface area contributed by atoms with Crippen molar-refractivity contribution in [2.24, 2.45) is 0 Å². The summed E-state index contributed by atoms with van der Waals surface area (Å²) < 4.78 is 0. The number of carbonyl (C=O) groups is 1. The van der Waals surface area contributed by atoms with Crippen LogP contribution in [0, 0.1) is 0 Å². The maximum Gasteiger partial charge on any atom is 0.195 e. The molecule has 1 aromatic rings. The van der Waals surface area contributed by atoms with E-state index in [1.807, 2.05) is 18.2 Å². The van der Waals surface area contributed by atoms with Gasteiger partial charge in [-0.2, -0.15) is 0 Å². The summed E-state index contributed by atoms with van der Waals surface area (Å²) in [7, 11) is 0. The van der Waals surface area contributed by atoms with Crippen LogP contribution in [-0.4, -0.2) is 10.6 Å². The Labute approximate surface area is 100 Å². The molecule has 0 radical (unpaired) electrons. The van der Waals surface area contributed by atoms with Crippen molar-refractivity contribution in [2.45, 2.75) is 31.0 Å². The first-order valence-electron chi connectivity index (χ1n) is 4.75. The van der Waals surface area contributed by atoms with Crippen molar-refractivity contribution < 1.29 is 4.79 Å². The monoisotopic (exact) mass is 244 g/mol. The number of hydrogen-bond donors (Lipinski definition) is 0. The highest BCUT2D eigenvalue weighted by molar-refractivity contribution is 6.55. The summed E-state index contributed by atoms with van der Waals surface area (Å²) in [5.74, 6) is -0.246. The van der Waals surface area contributed by atoms with Crippen molar-refractivity contribution in [1.82, 2.24) is 0 Å². The molecule has 0 aliphatic rings. The van der Waals surface area contributed by atoms with E-state index in [0.717, 1.165) is 5.56 Å². The quantitative estimate of drug-likeness (QED) is 0.569. The molecule has 3 heteroatoms. The Kier molecular flexibility index (Phi) is 3.80. The SMILES string of the molecule is CC(C)(C)c1cccc(C(=O)C(Cl)Cl)c1. The van der Waals surface area contributed by atoms with Crippen LogP contribution in [0.4, 0.5) is 0 Å². The molecule has 0 spiro atoms. The smallest absolute Gasteiger partial charge is 0.195 e. The van der Waals surface area contributed by atoms with Gasteiger partial charge in [0.15, 0.2) is 10.6 Å². The predicted octanol–water partition coefficient (Wildman–Crippen LogP) is 3.97. The molecule has 0 unspecified atom stereocenters. The molecule has 1 aromatic carbocycles. The number of rotatable bonds is 2. The van der Waals surface area contributed by atoms with Gasteiger partial charge in [-0.25, -0.2) is 0 Å². The fraction of sp³-hybridized carbons (Fsp3) is 0.417. The minimum absolute atomic E-state index is 0.0183. The second kappa shape index (κ2) is 4.54. The molecule has 0 bridgehead atoms. The Balaban J connectivity index is 3.09. The molecule has 0 amide bonds. The topological polar surface area (TPSA) is 17.1 Å². The first-order valence-corrected chi connectivity index (χ1v) is 5.62. The van der Waals surface area contributed by atoms with Gasteiger partial charge >= 0.3 is 0 Å². The van der Waals surface area contributed by atoms with Crippen LogP contribution in [0.3, 0.4) is 0 Å². The second-order valence-corrected chi connectivity index (χ2v) is 5.59. The Bertz CT molecular complexity index is 364. The van der Waals surface area contributed by atoms with Gasteiger partial charge in [-0.05, 0) is 17.0 Å². The summed E-state index contributed by atoms with van der Waals surface area (Å²) in [4.78, 5) is 10.6. The summed E-state index contributed by atoms with van der Waals surface area (Å²) in [5.41, 5.74) is 1.68. The lowest BCUT2D eigenvalue weighted by atomic mass is 9.86. The molecule has 15 heavy (non-hydrogen) atoms. The molecule has 0 heterocycles. The van der Waals surface area contributed by atoms with Gasteiger partial charge in [-0.3, -0.25) is 4.79 Å². The van der Waals surface area contributed by atoms with Gasteiger partial charge in [0.05, 0.1) is 0 Å². The highest BCUT2D eigenvalue weighted by Gasteiger charge is 2.18. The van der Waals surface area contributed by atoms with E-state index >= 15 is 0 Å². The van der Waals surface area contributed by atoms with Crippen molar-refractivity contribution in [3.8, 4) is 0 Å². The Morgan fingerprint density at radius 1 is 1.27 bits per heavy atom. The van der Waals surface area contributed by atoms with Crippen molar-refractivity contribution in [3.63, 3.8) is 0 Å². The first-order chi connectivity index (χ1) is 6.82. The zero-order chi connectivity index (χ0) is 11.6. The average molecular weight is 245 g/mol. The lowest BCUT2D eigenvalue weighted by Gasteiger charge is -2.19. The lowest BCUT2D eigenvalue weighted by Crippen LogP contribution is -2.14. The number of Topliss-reactive ketones (excluding diaryl/α,β-unsaturated/α-hetero) is 1. The van der Waals surface area contributed by atoms with Gasteiger partial charge in [0.2, 0.25) is 0 Å². The average Bonchev–Trinajstić information content (AvgIpc) is 2.15. The van der Waals surface area contributed by atoms with E-state index in [1.165, 1.54) is 0 Å². The lowest BCUT2D eigenvalue weighted by molar-refractivity contribution is 0.101.